The minimum atomic E-state index is -3.38. The molecule has 0 heterocycles. The van der Waals surface area contributed by atoms with E-state index < -0.39 is 10.1 Å². The van der Waals surface area contributed by atoms with E-state index in [9.17, 15) is 8.42 Å². The normalized spacial score (nSPS) is 11.2. The first-order valence-electron chi connectivity index (χ1n) is 7.15. The van der Waals surface area contributed by atoms with E-state index in [4.69, 9.17) is 13.7 Å². The topological polar surface area (TPSA) is 61.8 Å². The molecule has 6 heteroatoms. The van der Waals surface area contributed by atoms with E-state index in [1.165, 1.54) is 0 Å². The molecule has 0 saturated heterocycles. The van der Waals surface area contributed by atoms with Crippen LogP contribution in [-0.2, 0) is 27.3 Å². The lowest BCUT2D eigenvalue weighted by molar-refractivity contribution is 0.305. The molecule has 23 heavy (non-hydrogen) atoms. The van der Waals surface area contributed by atoms with E-state index in [-0.39, 0.29) is 6.61 Å². The molecule has 2 aromatic rings. The summed E-state index contributed by atoms with van der Waals surface area (Å²) in [7, 11) is -1.75. The van der Waals surface area contributed by atoms with Crippen LogP contribution >= 0.6 is 0 Å². The highest BCUT2D eigenvalue weighted by Gasteiger charge is 2.02. The number of hydrogen-bond donors (Lipinski definition) is 0. The molecule has 0 amide bonds. The summed E-state index contributed by atoms with van der Waals surface area (Å²) in [5.74, 6) is 1.57. The second-order valence-corrected chi connectivity index (χ2v) is 6.70. The number of rotatable bonds is 8. The van der Waals surface area contributed by atoms with E-state index in [1.807, 2.05) is 48.5 Å². The summed E-state index contributed by atoms with van der Waals surface area (Å²) in [5.41, 5.74) is 2.04. The van der Waals surface area contributed by atoms with Gasteiger partial charge in [0.2, 0.25) is 0 Å². The molecule has 2 rings (SSSR count). The van der Waals surface area contributed by atoms with Gasteiger partial charge in [-0.25, -0.2) is 0 Å². The smallest absolute Gasteiger partial charge is 0.264 e. The van der Waals surface area contributed by atoms with Gasteiger partial charge in [0.05, 0.1) is 20.0 Å². The molecule has 124 valence electrons. The molecular weight excluding hydrogens is 316 g/mol. The maximum absolute atomic E-state index is 10.9. The molecule has 0 aliphatic rings. The Morgan fingerprint density at radius 1 is 0.870 bits per heavy atom. The predicted octanol–water partition coefficient (Wildman–Crippen LogP) is 2.79. The van der Waals surface area contributed by atoms with E-state index >= 15 is 0 Å². The zero-order valence-corrected chi connectivity index (χ0v) is 14.0. The summed E-state index contributed by atoms with van der Waals surface area (Å²) in [6.45, 7) is 0.616. The molecule has 0 atom stereocenters. The van der Waals surface area contributed by atoms with E-state index in [0.717, 1.165) is 28.9 Å². The molecule has 0 aliphatic carbocycles. The molecule has 0 aromatic heterocycles. The van der Waals surface area contributed by atoms with Gasteiger partial charge in [0.25, 0.3) is 10.1 Å². The van der Waals surface area contributed by atoms with Gasteiger partial charge in [-0.2, -0.15) is 8.42 Å². The lowest BCUT2D eigenvalue weighted by Gasteiger charge is -2.08. The minimum Gasteiger partial charge on any atom is -0.497 e. The SMILES string of the molecule is COc1ccc(COc2ccc(CCOS(C)(=O)=O)cc2)cc1. The van der Waals surface area contributed by atoms with Crippen LogP contribution in [0.1, 0.15) is 11.1 Å². The minimum absolute atomic E-state index is 0.144. The number of hydrogen-bond acceptors (Lipinski definition) is 5. The zero-order chi connectivity index (χ0) is 16.7. The third-order valence-corrected chi connectivity index (χ3v) is 3.77. The fraction of sp³-hybridized carbons (Fsp3) is 0.294. The highest BCUT2D eigenvalue weighted by Crippen LogP contribution is 2.16. The van der Waals surface area contributed by atoms with Crippen LogP contribution in [0.2, 0.25) is 0 Å². The van der Waals surface area contributed by atoms with Gasteiger partial charge in [0, 0.05) is 0 Å². The van der Waals surface area contributed by atoms with Gasteiger partial charge in [-0.1, -0.05) is 24.3 Å². The Kier molecular flexibility index (Phi) is 6.01. The fourth-order valence-corrected chi connectivity index (χ4v) is 2.34. The lowest BCUT2D eigenvalue weighted by Crippen LogP contribution is -2.06. The monoisotopic (exact) mass is 336 g/mol. The van der Waals surface area contributed by atoms with Crippen LogP contribution in [0.5, 0.6) is 11.5 Å². The number of benzene rings is 2. The van der Waals surface area contributed by atoms with Gasteiger partial charge in [-0.05, 0) is 41.8 Å². The molecule has 2 aromatic carbocycles. The van der Waals surface area contributed by atoms with Crippen molar-refractivity contribution < 1.29 is 22.1 Å². The Balaban J connectivity index is 1.82. The summed E-state index contributed by atoms with van der Waals surface area (Å²) in [5, 5.41) is 0. The molecule has 0 saturated carbocycles. The third kappa shape index (κ3) is 6.30. The highest BCUT2D eigenvalue weighted by atomic mass is 32.2. The first-order valence-corrected chi connectivity index (χ1v) is 8.97. The number of ether oxygens (including phenoxy) is 2. The first kappa shape index (κ1) is 17.3. The second kappa shape index (κ2) is 7.99. The summed E-state index contributed by atoms with van der Waals surface area (Å²) in [4.78, 5) is 0. The van der Waals surface area contributed by atoms with E-state index in [0.29, 0.717) is 13.0 Å². The molecule has 0 fully saturated rings. The largest absolute Gasteiger partial charge is 0.497 e. The van der Waals surface area contributed by atoms with Crippen molar-refractivity contribution in [1.82, 2.24) is 0 Å². The third-order valence-electron chi connectivity index (χ3n) is 3.18. The van der Waals surface area contributed by atoms with Crippen LogP contribution in [-0.4, -0.2) is 28.4 Å². The van der Waals surface area contributed by atoms with Crippen molar-refractivity contribution in [3.63, 3.8) is 0 Å². The Hall–Kier alpha value is -2.05. The summed E-state index contributed by atoms with van der Waals surface area (Å²) in [6, 6.07) is 15.2. The summed E-state index contributed by atoms with van der Waals surface area (Å²) < 4.78 is 37.3. The van der Waals surface area contributed by atoms with Crippen molar-refractivity contribution in [3.8, 4) is 11.5 Å². The Morgan fingerprint density at radius 3 is 2.00 bits per heavy atom. The molecular formula is C17H20O5S. The summed E-state index contributed by atoms with van der Waals surface area (Å²) >= 11 is 0. The van der Waals surface area contributed by atoms with Gasteiger partial charge in [-0.15, -0.1) is 0 Å². The van der Waals surface area contributed by atoms with Crippen molar-refractivity contribution in [3.05, 3.63) is 59.7 Å². The van der Waals surface area contributed by atoms with Crippen molar-refractivity contribution in [2.45, 2.75) is 13.0 Å². The van der Waals surface area contributed by atoms with Gasteiger partial charge in [0.1, 0.15) is 18.1 Å². The van der Waals surface area contributed by atoms with Crippen LogP contribution in [0.4, 0.5) is 0 Å². The Labute approximate surface area is 136 Å². The van der Waals surface area contributed by atoms with Crippen molar-refractivity contribution in [2.75, 3.05) is 20.0 Å². The quantitative estimate of drug-likeness (QED) is 0.694. The van der Waals surface area contributed by atoms with E-state index in [1.54, 1.807) is 7.11 Å². The highest BCUT2D eigenvalue weighted by molar-refractivity contribution is 7.85. The second-order valence-electron chi connectivity index (χ2n) is 5.06. The average molecular weight is 336 g/mol. The van der Waals surface area contributed by atoms with Crippen molar-refractivity contribution in [1.29, 1.82) is 0 Å². The maximum atomic E-state index is 10.9. The Morgan fingerprint density at radius 2 is 1.43 bits per heavy atom. The fourth-order valence-electron chi connectivity index (χ4n) is 1.95. The first-order chi connectivity index (χ1) is 11.0. The zero-order valence-electron chi connectivity index (χ0n) is 13.2. The standard InChI is InChI=1S/C17H20O5S/c1-20-16-7-5-15(6-8-16)13-21-17-9-3-14(4-10-17)11-12-22-23(2,18)19/h3-10H,11-13H2,1-2H3. The van der Waals surface area contributed by atoms with Crippen molar-refractivity contribution >= 4 is 10.1 Å². The lowest BCUT2D eigenvalue weighted by atomic mass is 10.1. The summed E-state index contributed by atoms with van der Waals surface area (Å²) in [6.07, 6.45) is 1.58. The molecule has 0 unspecified atom stereocenters. The molecule has 0 N–H and O–H groups in total. The maximum Gasteiger partial charge on any atom is 0.264 e. The molecule has 0 spiro atoms. The van der Waals surface area contributed by atoms with Crippen LogP contribution in [0, 0.1) is 0 Å². The molecule has 0 bridgehead atoms. The molecule has 0 aliphatic heterocycles. The van der Waals surface area contributed by atoms with E-state index in [2.05, 4.69) is 0 Å². The molecule has 0 radical (unpaired) electrons. The van der Waals surface area contributed by atoms with Crippen LogP contribution in [0.25, 0.3) is 0 Å². The predicted molar refractivity (Wildman–Crippen MR) is 88.3 cm³/mol. The van der Waals surface area contributed by atoms with Crippen molar-refractivity contribution in [2.24, 2.45) is 0 Å². The van der Waals surface area contributed by atoms with Gasteiger partial charge < -0.3 is 9.47 Å². The average Bonchev–Trinajstić information content (AvgIpc) is 2.53. The van der Waals surface area contributed by atoms with Gasteiger partial charge in [-0.3, -0.25) is 4.18 Å². The van der Waals surface area contributed by atoms with Crippen LogP contribution in [0.15, 0.2) is 48.5 Å². The molecule has 5 nitrogen and oxygen atoms in total. The van der Waals surface area contributed by atoms with Crippen LogP contribution in [0.3, 0.4) is 0 Å². The van der Waals surface area contributed by atoms with Gasteiger partial charge >= 0.3 is 0 Å². The number of methoxy groups -OCH3 is 1. The van der Waals surface area contributed by atoms with Crippen LogP contribution < -0.4 is 9.47 Å². The Bertz CT molecular complexity index is 706. The van der Waals surface area contributed by atoms with Gasteiger partial charge in [0.15, 0.2) is 0 Å².